The summed E-state index contributed by atoms with van der Waals surface area (Å²) < 4.78 is 23.9. The van der Waals surface area contributed by atoms with Crippen LogP contribution in [0, 0.1) is 12.8 Å². The average Bonchev–Trinajstić information content (AvgIpc) is 2.32. The van der Waals surface area contributed by atoms with Crippen molar-refractivity contribution in [1.29, 1.82) is 0 Å². The monoisotopic (exact) mass is 231 g/mol. The second kappa shape index (κ2) is 4.22. The van der Waals surface area contributed by atoms with Crippen molar-refractivity contribution in [1.82, 2.24) is 9.78 Å². The fraction of sp³-hybridized carbons (Fsp3) is 0.667. The molecule has 6 heteroatoms. The third-order valence-corrected chi connectivity index (χ3v) is 3.39. The van der Waals surface area contributed by atoms with Gasteiger partial charge in [-0.3, -0.25) is 4.68 Å². The summed E-state index contributed by atoms with van der Waals surface area (Å²) in [7, 11) is -2.92. The topological polar surface area (TPSA) is 78.0 Å². The number of rotatable bonds is 4. The van der Waals surface area contributed by atoms with E-state index >= 15 is 0 Å². The number of sulfone groups is 1. The molecule has 1 aromatic rings. The van der Waals surface area contributed by atoms with Crippen LogP contribution in [0.3, 0.4) is 0 Å². The smallest absolute Gasteiger partial charge is 0.147 e. The van der Waals surface area contributed by atoms with Gasteiger partial charge in [0.1, 0.15) is 9.84 Å². The first kappa shape index (κ1) is 12.0. The zero-order valence-electron chi connectivity index (χ0n) is 9.27. The van der Waals surface area contributed by atoms with Crippen LogP contribution in [0.1, 0.15) is 12.6 Å². The number of nitrogens with zero attached hydrogens (tertiary/aromatic N) is 2. The van der Waals surface area contributed by atoms with E-state index < -0.39 is 9.84 Å². The van der Waals surface area contributed by atoms with Gasteiger partial charge in [-0.05, 0) is 12.8 Å². The lowest BCUT2D eigenvalue weighted by Gasteiger charge is -2.11. The molecule has 0 radical (unpaired) electrons. The SMILES string of the molecule is Cc1c(N)cnn1CC(C)CS(C)(=O)=O. The van der Waals surface area contributed by atoms with Crippen LogP contribution in [0.2, 0.25) is 0 Å². The molecule has 15 heavy (non-hydrogen) atoms. The Morgan fingerprint density at radius 2 is 2.20 bits per heavy atom. The van der Waals surface area contributed by atoms with Gasteiger partial charge >= 0.3 is 0 Å². The van der Waals surface area contributed by atoms with Gasteiger partial charge in [-0.2, -0.15) is 5.10 Å². The lowest BCUT2D eigenvalue weighted by Crippen LogP contribution is -2.18. The quantitative estimate of drug-likeness (QED) is 0.816. The Morgan fingerprint density at radius 3 is 2.60 bits per heavy atom. The van der Waals surface area contributed by atoms with Crippen LogP contribution in [-0.2, 0) is 16.4 Å². The maximum absolute atomic E-state index is 11.1. The molecule has 0 amide bonds. The minimum atomic E-state index is -2.92. The molecule has 5 nitrogen and oxygen atoms in total. The minimum absolute atomic E-state index is 0.0398. The molecule has 86 valence electrons. The second-order valence-electron chi connectivity index (χ2n) is 4.07. The highest BCUT2D eigenvalue weighted by Crippen LogP contribution is 2.11. The summed E-state index contributed by atoms with van der Waals surface area (Å²) >= 11 is 0. The van der Waals surface area contributed by atoms with E-state index in [0.717, 1.165) is 5.69 Å². The summed E-state index contributed by atoms with van der Waals surface area (Å²) in [6, 6.07) is 0. The summed E-state index contributed by atoms with van der Waals surface area (Å²) in [6.45, 7) is 4.34. The van der Waals surface area contributed by atoms with Crippen molar-refractivity contribution >= 4 is 15.5 Å². The van der Waals surface area contributed by atoms with Gasteiger partial charge in [-0.1, -0.05) is 6.92 Å². The number of nitrogen functional groups attached to an aromatic ring is 1. The molecule has 0 saturated carbocycles. The molecule has 0 saturated heterocycles. The van der Waals surface area contributed by atoms with Crippen molar-refractivity contribution in [2.24, 2.45) is 5.92 Å². The first-order chi connectivity index (χ1) is 6.79. The van der Waals surface area contributed by atoms with Gasteiger partial charge in [0.15, 0.2) is 0 Å². The van der Waals surface area contributed by atoms with Crippen LogP contribution in [0.25, 0.3) is 0 Å². The molecule has 0 aliphatic carbocycles. The van der Waals surface area contributed by atoms with E-state index in [2.05, 4.69) is 5.10 Å². The molecule has 0 fully saturated rings. The van der Waals surface area contributed by atoms with Gasteiger partial charge < -0.3 is 5.73 Å². The Kier molecular flexibility index (Phi) is 3.38. The molecule has 2 N–H and O–H groups in total. The first-order valence-corrected chi connectivity index (χ1v) is 6.81. The molecule has 1 unspecified atom stereocenters. The standard InChI is InChI=1S/C9H17N3O2S/c1-7(6-15(3,13)14)5-12-8(2)9(10)4-11-12/h4,7H,5-6,10H2,1-3H3. The highest BCUT2D eigenvalue weighted by atomic mass is 32.2. The molecule has 0 aliphatic heterocycles. The summed E-state index contributed by atoms with van der Waals surface area (Å²) in [5, 5.41) is 4.08. The molecule has 1 rings (SSSR count). The lowest BCUT2D eigenvalue weighted by molar-refractivity contribution is 0.471. The van der Waals surface area contributed by atoms with Gasteiger partial charge in [0.25, 0.3) is 0 Å². The van der Waals surface area contributed by atoms with Crippen molar-refractivity contribution in [2.45, 2.75) is 20.4 Å². The first-order valence-electron chi connectivity index (χ1n) is 4.75. The maximum Gasteiger partial charge on any atom is 0.147 e. The zero-order valence-corrected chi connectivity index (χ0v) is 10.1. The summed E-state index contributed by atoms with van der Waals surface area (Å²) in [5.41, 5.74) is 7.17. The third kappa shape index (κ3) is 3.54. The molecule has 1 heterocycles. The van der Waals surface area contributed by atoms with Crippen molar-refractivity contribution in [3.63, 3.8) is 0 Å². The van der Waals surface area contributed by atoms with Gasteiger partial charge in [0, 0.05) is 12.8 Å². The van der Waals surface area contributed by atoms with Gasteiger partial charge in [0.2, 0.25) is 0 Å². The lowest BCUT2D eigenvalue weighted by atomic mass is 10.2. The highest BCUT2D eigenvalue weighted by molar-refractivity contribution is 7.90. The number of aromatic nitrogens is 2. The van der Waals surface area contributed by atoms with E-state index in [1.165, 1.54) is 6.26 Å². The van der Waals surface area contributed by atoms with Crippen LogP contribution in [0.15, 0.2) is 6.20 Å². The van der Waals surface area contributed by atoms with Crippen LogP contribution in [0.4, 0.5) is 5.69 Å². The molecule has 0 spiro atoms. The average molecular weight is 231 g/mol. The zero-order chi connectivity index (χ0) is 11.6. The van der Waals surface area contributed by atoms with E-state index in [1.54, 1.807) is 10.9 Å². The summed E-state index contributed by atoms with van der Waals surface area (Å²) in [4.78, 5) is 0. The Labute approximate surface area is 90.2 Å². The Hall–Kier alpha value is -1.04. The molecule has 0 aromatic carbocycles. The van der Waals surface area contributed by atoms with E-state index in [1.807, 2.05) is 13.8 Å². The molecule has 0 aliphatic rings. The fourth-order valence-corrected chi connectivity index (χ4v) is 2.65. The summed E-state index contributed by atoms with van der Waals surface area (Å²) in [5.74, 6) is 0.213. The van der Waals surface area contributed by atoms with Gasteiger partial charge in [-0.15, -0.1) is 0 Å². The largest absolute Gasteiger partial charge is 0.396 e. The Balaban J connectivity index is 2.67. The van der Waals surface area contributed by atoms with Gasteiger partial charge in [-0.25, -0.2) is 8.42 Å². The Morgan fingerprint density at radius 1 is 1.60 bits per heavy atom. The van der Waals surface area contributed by atoms with Crippen LogP contribution < -0.4 is 5.73 Å². The van der Waals surface area contributed by atoms with E-state index in [4.69, 9.17) is 5.73 Å². The number of hydrogen-bond donors (Lipinski definition) is 1. The number of anilines is 1. The van der Waals surface area contributed by atoms with Crippen molar-refractivity contribution in [3.05, 3.63) is 11.9 Å². The second-order valence-corrected chi connectivity index (χ2v) is 6.25. The predicted octanol–water partition coefficient (Wildman–Crippen LogP) is 0.454. The molecule has 1 aromatic heterocycles. The normalized spacial score (nSPS) is 14.1. The molecular formula is C9H17N3O2S. The third-order valence-electron chi connectivity index (χ3n) is 2.21. The Bertz CT molecular complexity index is 436. The van der Waals surface area contributed by atoms with E-state index in [-0.39, 0.29) is 11.7 Å². The molecule has 0 bridgehead atoms. The van der Waals surface area contributed by atoms with Crippen LogP contribution in [0.5, 0.6) is 0 Å². The number of hydrogen-bond acceptors (Lipinski definition) is 4. The highest BCUT2D eigenvalue weighted by Gasteiger charge is 2.13. The van der Waals surface area contributed by atoms with Crippen molar-refractivity contribution < 1.29 is 8.42 Å². The van der Waals surface area contributed by atoms with Crippen LogP contribution >= 0.6 is 0 Å². The number of nitrogens with two attached hydrogens (primary N) is 1. The predicted molar refractivity (Wildman–Crippen MR) is 60.3 cm³/mol. The summed E-state index contributed by atoms with van der Waals surface area (Å²) in [6.07, 6.45) is 2.83. The van der Waals surface area contributed by atoms with E-state index in [9.17, 15) is 8.42 Å². The van der Waals surface area contributed by atoms with E-state index in [0.29, 0.717) is 12.2 Å². The minimum Gasteiger partial charge on any atom is -0.396 e. The molecule has 1 atom stereocenters. The van der Waals surface area contributed by atoms with Crippen molar-refractivity contribution in [2.75, 3.05) is 17.7 Å². The van der Waals surface area contributed by atoms with Gasteiger partial charge in [0.05, 0.1) is 23.3 Å². The maximum atomic E-state index is 11.1. The fourth-order valence-electron chi connectivity index (χ4n) is 1.51. The van der Waals surface area contributed by atoms with Crippen LogP contribution in [-0.4, -0.2) is 30.2 Å². The molecular weight excluding hydrogens is 214 g/mol. The van der Waals surface area contributed by atoms with Crippen molar-refractivity contribution in [3.8, 4) is 0 Å².